The van der Waals surface area contributed by atoms with Crippen molar-refractivity contribution in [2.24, 2.45) is 5.73 Å². The average molecular weight is 254 g/mol. The molecule has 0 bridgehead atoms. The monoisotopic (exact) mass is 254 g/mol. The van der Waals surface area contributed by atoms with Gasteiger partial charge in [-0.1, -0.05) is 0 Å². The van der Waals surface area contributed by atoms with E-state index in [0.717, 1.165) is 0 Å². The summed E-state index contributed by atoms with van der Waals surface area (Å²) in [6.45, 7) is -0.115. The number of methoxy groups -OCH3 is 2. The molecule has 0 aliphatic rings. The minimum atomic E-state index is -1.21. The van der Waals surface area contributed by atoms with Gasteiger partial charge in [0.2, 0.25) is 0 Å². The molecule has 1 amide bonds. The summed E-state index contributed by atoms with van der Waals surface area (Å²) in [4.78, 5) is 13.1. The van der Waals surface area contributed by atoms with Gasteiger partial charge < -0.3 is 25.2 Å². The Labute approximate surface area is 106 Å². The third kappa shape index (κ3) is 2.91. The Morgan fingerprint density at radius 1 is 1.39 bits per heavy atom. The maximum absolute atomic E-state index is 11.8. The van der Waals surface area contributed by atoms with Gasteiger partial charge in [0.15, 0.2) is 11.5 Å². The van der Waals surface area contributed by atoms with Crippen molar-refractivity contribution in [3.8, 4) is 11.5 Å². The van der Waals surface area contributed by atoms with Gasteiger partial charge in [-0.15, -0.1) is 0 Å². The highest BCUT2D eigenvalue weighted by Gasteiger charge is 2.20. The third-order valence-corrected chi connectivity index (χ3v) is 2.59. The van der Waals surface area contributed by atoms with E-state index in [9.17, 15) is 9.90 Å². The van der Waals surface area contributed by atoms with Crippen molar-refractivity contribution in [2.75, 3.05) is 32.7 Å². The van der Waals surface area contributed by atoms with Crippen molar-refractivity contribution in [1.82, 2.24) is 0 Å². The van der Waals surface area contributed by atoms with Crippen LogP contribution in [0, 0.1) is 0 Å². The maximum atomic E-state index is 11.8. The summed E-state index contributed by atoms with van der Waals surface area (Å²) in [6.07, 6.45) is -1.21. The lowest BCUT2D eigenvalue weighted by Gasteiger charge is -2.21. The van der Waals surface area contributed by atoms with Crippen LogP contribution in [0.25, 0.3) is 0 Å². The van der Waals surface area contributed by atoms with Crippen LogP contribution in [0.3, 0.4) is 0 Å². The standard InChI is InChI=1S/C12H18N2O4/c1-14(12(16)9(15)7-13)8-4-5-10(17-2)11(6-8)18-3/h4-6,9,15H,7,13H2,1-3H3. The number of carbonyl (C=O) groups is 1. The van der Waals surface area contributed by atoms with Crippen LogP contribution in [0.1, 0.15) is 0 Å². The van der Waals surface area contributed by atoms with Crippen LogP contribution in [0.5, 0.6) is 11.5 Å². The first-order valence-corrected chi connectivity index (χ1v) is 5.42. The highest BCUT2D eigenvalue weighted by atomic mass is 16.5. The Balaban J connectivity index is 2.99. The van der Waals surface area contributed by atoms with E-state index < -0.39 is 12.0 Å². The fraction of sp³-hybridized carbons (Fsp3) is 0.417. The second kappa shape index (κ2) is 6.23. The third-order valence-electron chi connectivity index (χ3n) is 2.59. The van der Waals surface area contributed by atoms with Crippen LogP contribution in [0.2, 0.25) is 0 Å². The number of nitrogens with zero attached hydrogens (tertiary/aromatic N) is 1. The molecule has 100 valence electrons. The molecule has 0 radical (unpaired) electrons. The molecule has 1 aromatic carbocycles. The molecule has 0 aromatic heterocycles. The minimum Gasteiger partial charge on any atom is -0.493 e. The Hall–Kier alpha value is -1.79. The first-order valence-electron chi connectivity index (χ1n) is 5.42. The van der Waals surface area contributed by atoms with E-state index >= 15 is 0 Å². The van der Waals surface area contributed by atoms with E-state index in [1.165, 1.54) is 19.1 Å². The number of ether oxygens (including phenoxy) is 2. The lowest BCUT2D eigenvalue weighted by molar-refractivity contribution is -0.125. The normalized spacial score (nSPS) is 11.8. The smallest absolute Gasteiger partial charge is 0.256 e. The summed E-state index contributed by atoms with van der Waals surface area (Å²) in [6, 6.07) is 5.04. The zero-order valence-electron chi connectivity index (χ0n) is 10.7. The molecule has 1 aromatic rings. The van der Waals surface area contributed by atoms with Crippen molar-refractivity contribution in [3.63, 3.8) is 0 Å². The van der Waals surface area contributed by atoms with Crippen LogP contribution in [0.4, 0.5) is 5.69 Å². The summed E-state index contributed by atoms with van der Waals surface area (Å²) < 4.78 is 10.2. The maximum Gasteiger partial charge on any atom is 0.256 e. The molecular weight excluding hydrogens is 236 g/mol. The van der Waals surface area contributed by atoms with Crippen LogP contribution >= 0.6 is 0 Å². The number of rotatable bonds is 5. The lowest BCUT2D eigenvalue weighted by atomic mass is 10.2. The number of carbonyl (C=O) groups excluding carboxylic acids is 1. The number of anilines is 1. The summed E-state index contributed by atoms with van der Waals surface area (Å²) >= 11 is 0. The van der Waals surface area contributed by atoms with Crippen molar-refractivity contribution in [1.29, 1.82) is 0 Å². The molecule has 1 rings (SSSR count). The highest BCUT2D eigenvalue weighted by molar-refractivity contribution is 5.96. The van der Waals surface area contributed by atoms with Crippen LogP contribution in [0.15, 0.2) is 18.2 Å². The zero-order chi connectivity index (χ0) is 13.7. The largest absolute Gasteiger partial charge is 0.493 e. The molecule has 0 fully saturated rings. The molecule has 0 heterocycles. The number of hydrogen-bond acceptors (Lipinski definition) is 5. The zero-order valence-corrected chi connectivity index (χ0v) is 10.7. The van der Waals surface area contributed by atoms with Crippen LogP contribution in [-0.4, -0.2) is 44.9 Å². The Morgan fingerprint density at radius 3 is 2.50 bits per heavy atom. The Kier molecular flexibility index (Phi) is 4.94. The molecule has 0 saturated carbocycles. The SMILES string of the molecule is COc1ccc(N(C)C(=O)C(O)CN)cc1OC. The first-order chi connectivity index (χ1) is 8.54. The average Bonchev–Trinajstić information content (AvgIpc) is 2.43. The minimum absolute atomic E-state index is 0.115. The second-order valence-electron chi connectivity index (χ2n) is 3.69. The van der Waals surface area contributed by atoms with E-state index in [2.05, 4.69) is 0 Å². The number of aliphatic hydroxyl groups is 1. The van der Waals surface area contributed by atoms with E-state index in [1.54, 1.807) is 25.2 Å². The van der Waals surface area contributed by atoms with E-state index in [4.69, 9.17) is 15.2 Å². The number of hydrogen-bond donors (Lipinski definition) is 2. The molecular formula is C12H18N2O4. The van der Waals surface area contributed by atoms with Gasteiger partial charge in [-0.3, -0.25) is 4.79 Å². The number of aliphatic hydroxyl groups excluding tert-OH is 1. The van der Waals surface area contributed by atoms with Crippen LogP contribution in [-0.2, 0) is 4.79 Å². The first kappa shape index (κ1) is 14.3. The van der Waals surface area contributed by atoms with E-state index in [1.807, 2.05) is 0 Å². The Bertz CT molecular complexity index is 423. The number of nitrogens with two attached hydrogens (primary N) is 1. The van der Waals surface area contributed by atoms with Crippen molar-refractivity contribution < 1.29 is 19.4 Å². The van der Waals surface area contributed by atoms with Crippen molar-refractivity contribution in [3.05, 3.63) is 18.2 Å². The molecule has 3 N–H and O–H groups in total. The summed E-state index contributed by atoms with van der Waals surface area (Å²) in [5, 5.41) is 9.41. The predicted octanol–water partition coefficient (Wildman–Crippen LogP) is -0.0138. The van der Waals surface area contributed by atoms with E-state index in [0.29, 0.717) is 17.2 Å². The van der Waals surface area contributed by atoms with Crippen molar-refractivity contribution in [2.45, 2.75) is 6.10 Å². The van der Waals surface area contributed by atoms with Gasteiger partial charge >= 0.3 is 0 Å². The van der Waals surface area contributed by atoms with Gasteiger partial charge in [0.25, 0.3) is 5.91 Å². The van der Waals surface area contributed by atoms with E-state index in [-0.39, 0.29) is 6.54 Å². The fourth-order valence-corrected chi connectivity index (χ4v) is 1.49. The van der Waals surface area contributed by atoms with Crippen molar-refractivity contribution >= 4 is 11.6 Å². The Morgan fingerprint density at radius 2 is 2.00 bits per heavy atom. The quantitative estimate of drug-likeness (QED) is 0.771. The topological polar surface area (TPSA) is 85.0 Å². The molecule has 0 aliphatic heterocycles. The molecule has 6 heteroatoms. The van der Waals surface area contributed by atoms with Gasteiger partial charge in [-0.25, -0.2) is 0 Å². The van der Waals surface area contributed by atoms with Gasteiger partial charge in [0, 0.05) is 25.3 Å². The summed E-state index contributed by atoms with van der Waals surface area (Å²) in [5.41, 5.74) is 5.84. The van der Waals surface area contributed by atoms with Gasteiger partial charge in [0.1, 0.15) is 6.10 Å². The summed E-state index contributed by atoms with van der Waals surface area (Å²) in [7, 11) is 4.60. The van der Waals surface area contributed by atoms with Gasteiger partial charge in [-0.2, -0.15) is 0 Å². The lowest BCUT2D eigenvalue weighted by Crippen LogP contribution is -2.40. The number of benzene rings is 1. The predicted molar refractivity (Wildman–Crippen MR) is 68.0 cm³/mol. The number of likely N-dealkylation sites (N-methyl/N-ethyl adjacent to an activating group) is 1. The van der Waals surface area contributed by atoms with Gasteiger partial charge in [0.05, 0.1) is 14.2 Å². The molecule has 0 saturated heterocycles. The molecule has 18 heavy (non-hydrogen) atoms. The molecule has 6 nitrogen and oxygen atoms in total. The van der Waals surface area contributed by atoms with Gasteiger partial charge in [-0.05, 0) is 12.1 Å². The number of amides is 1. The molecule has 0 spiro atoms. The molecule has 0 aliphatic carbocycles. The molecule has 1 atom stereocenters. The second-order valence-corrected chi connectivity index (χ2v) is 3.69. The van der Waals surface area contributed by atoms with Crippen LogP contribution < -0.4 is 20.1 Å². The summed E-state index contributed by atoms with van der Waals surface area (Å²) in [5.74, 6) is 0.614. The fourth-order valence-electron chi connectivity index (χ4n) is 1.49. The molecule has 1 unspecified atom stereocenters. The highest BCUT2D eigenvalue weighted by Crippen LogP contribution is 2.31.